The Morgan fingerprint density at radius 3 is 2.10 bits per heavy atom. The second-order valence-electron chi connectivity index (χ2n) is 1.92. The molecule has 0 spiro atoms. The molecule has 1 aliphatic rings. The molecule has 0 radical (unpaired) electrons. The van der Waals surface area contributed by atoms with E-state index in [0.29, 0.717) is 0 Å². The maximum absolute atomic E-state index is 10.5. The molecular formula is C4H6N2O4. The highest BCUT2D eigenvalue weighted by Crippen LogP contribution is 2.09. The van der Waals surface area contributed by atoms with E-state index < -0.39 is 18.2 Å². The zero-order chi connectivity index (χ0) is 7.89. The third kappa shape index (κ3) is 0.662. The minimum atomic E-state index is -1.54. The summed E-state index contributed by atoms with van der Waals surface area (Å²) in [6.07, 6.45) is -1.54. The molecule has 0 aromatic heterocycles. The van der Waals surface area contributed by atoms with Crippen molar-refractivity contribution in [3.05, 3.63) is 0 Å². The Hall–Kier alpha value is -1.14. The van der Waals surface area contributed by atoms with Crippen LogP contribution in [0.5, 0.6) is 0 Å². The lowest BCUT2D eigenvalue weighted by molar-refractivity contribution is -0.155. The van der Waals surface area contributed by atoms with Crippen LogP contribution in [0.15, 0.2) is 0 Å². The number of aliphatic hydroxyl groups excluding tert-OH is 1. The number of nitrogens with zero attached hydrogens (tertiary/aromatic N) is 2. The van der Waals surface area contributed by atoms with Crippen LogP contribution in [-0.2, 0) is 4.79 Å². The van der Waals surface area contributed by atoms with Gasteiger partial charge < -0.3 is 5.11 Å². The molecule has 1 aliphatic heterocycles. The van der Waals surface area contributed by atoms with E-state index in [1.807, 2.05) is 0 Å². The number of hydroxylamine groups is 2. The molecule has 6 nitrogen and oxygen atoms in total. The van der Waals surface area contributed by atoms with E-state index in [0.717, 1.165) is 4.90 Å². The average Bonchev–Trinajstić information content (AvgIpc) is 2.07. The maximum atomic E-state index is 10.5. The van der Waals surface area contributed by atoms with Crippen LogP contribution in [0, 0.1) is 0 Å². The van der Waals surface area contributed by atoms with Crippen LogP contribution in [0.2, 0.25) is 0 Å². The predicted octanol–water partition coefficient (Wildman–Crippen LogP) is -1.41. The van der Waals surface area contributed by atoms with E-state index in [1.165, 1.54) is 7.05 Å². The van der Waals surface area contributed by atoms with Gasteiger partial charge in [0, 0.05) is 7.05 Å². The van der Waals surface area contributed by atoms with Crippen molar-refractivity contribution >= 4 is 11.9 Å². The zero-order valence-electron chi connectivity index (χ0n) is 5.18. The van der Waals surface area contributed by atoms with Crippen molar-refractivity contribution in [2.75, 3.05) is 7.05 Å². The molecule has 0 aliphatic carbocycles. The molecule has 0 bridgehead atoms. The number of urea groups is 1. The normalized spacial score (nSPS) is 26.5. The molecule has 0 aromatic carbocycles. The number of likely N-dealkylation sites (N-methyl/N-ethyl adjacent to an activating group) is 1. The van der Waals surface area contributed by atoms with Crippen molar-refractivity contribution in [3.63, 3.8) is 0 Å². The first-order valence-electron chi connectivity index (χ1n) is 2.53. The van der Waals surface area contributed by atoms with Gasteiger partial charge in [0.25, 0.3) is 0 Å². The monoisotopic (exact) mass is 146 g/mol. The number of rotatable bonds is 0. The number of imide groups is 1. The predicted molar refractivity (Wildman–Crippen MR) is 27.8 cm³/mol. The fourth-order valence-electron chi connectivity index (χ4n) is 0.623. The lowest BCUT2D eigenvalue weighted by atomic mass is 10.5. The average molecular weight is 146 g/mol. The highest BCUT2D eigenvalue weighted by Gasteiger charge is 2.41. The highest BCUT2D eigenvalue weighted by molar-refractivity contribution is 6.01. The lowest BCUT2D eigenvalue weighted by Gasteiger charge is -2.07. The second kappa shape index (κ2) is 1.93. The molecule has 3 amide bonds. The van der Waals surface area contributed by atoms with Gasteiger partial charge in [-0.1, -0.05) is 0 Å². The molecule has 1 saturated heterocycles. The van der Waals surface area contributed by atoms with Gasteiger partial charge in [0.15, 0.2) is 0 Å². The first kappa shape index (κ1) is 6.97. The SMILES string of the molecule is CN1C(=O)N(O)C(=O)C1O. The molecule has 6 heteroatoms. The third-order valence-corrected chi connectivity index (χ3v) is 1.28. The quantitative estimate of drug-likeness (QED) is 0.325. The van der Waals surface area contributed by atoms with E-state index in [1.54, 1.807) is 0 Å². The molecule has 10 heavy (non-hydrogen) atoms. The number of amides is 3. The summed E-state index contributed by atoms with van der Waals surface area (Å²) in [7, 11) is 1.21. The highest BCUT2D eigenvalue weighted by atomic mass is 16.5. The third-order valence-electron chi connectivity index (χ3n) is 1.28. The van der Waals surface area contributed by atoms with E-state index >= 15 is 0 Å². The summed E-state index contributed by atoms with van der Waals surface area (Å²) in [4.78, 5) is 21.8. The topological polar surface area (TPSA) is 81.1 Å². The molecule has 1 unspecified atom stereocenters. The van der Waals surface area contributed by atoms with Crippen LogP contribution >= 0.6 is 0 Å². The van der Waals surface area contributed by atoms with E-state index in [-0.39, 0.29) is 5.06 Å². The fraction of sp³-hybridized carbons (Fsp3) is 0.500. The van der Waals surface area contributed by atoms with E-state index in [9.17, 15) is 9.59 Å². The standard InChI is InChI=1S/C4H6N2O4/c1-5-2(7)3(8)6(10)4(5)9/h2,7,10H,1H3. The van der Waals surface area contributed by atoms with Gasteiger partial charge in [0.05, 0.1) is 0 Å². The van der Waals surface area contributed by atoms with Gasteiger partial charge >= 0.3 is 11.9 Å². The molecule has 1 rings (SSSR count). The Morgan fingerprint density at radius 1 is 1.50 bits per heavy atom. The Morgan fingerprint density at radius 2 is 2.00 bits per heavy atom. The van der Waals surface area contributed by atoms with E-state index in [4.69, 9.17) is 10.3 Å². The number of aliphatic hydroxyl groups is 1. The molecule has 2 N–H and O–H groups in total. The van der Waals surface area contributed by atoms with Gasteiger partial charge in [-0.05, 0) is 0 Å². The van der Waals surface area contributed by atoms with E-state index in [2.05, 4.69) is 0 Å². The summed E-state index contributed by atoms with van der Waals surface area (Å²) in [6.45, 7) is 0. The maximum Gasteiger partial charge on any atom is 0.353 e. The number of carbonyl (C=O) groups is 2. The molecule has 0 aromatic rings. The van der Waals surface area contributed by atoms with Crippen molar-refractivity contribution in [3.8, 4) is 0 Å². The van der Waals surface area contributed by atoms with Crippen molar-refractivity contribution in [2.45, 2.75) is 6.23 Å². The van der Waals surface area contributed by atoms with Crippen molar-refractivity contribution in [1.82, 2.24) is 9.96 Å². The molecule has 1 fully saturated rings. The summed E-state index contributed by atoms with van der Waals surface area (Å²) in [5.41, 5.74) is 0. The van der Waals surface area contributed by atoms with Gasteiger partial charge in [-0.3, -0.25) is 14.9 Å². The van der Waals surface area contributed by atoms with Crippen LogP contribution in [0.25, 0.3) is 0 Å². The largest absolute Gasteiger partial charge is 0.365 e. The molecular weight excluding hydrogens is 140 g/mol. The van der Waals surface area contributed by atoms with Gasteiger partial charge in [-0.15, -0.1) is 5.06 Å². The molecule has 0 saturated carbocycles. The summed E-state index contributed by atoms with van der Waals surface area (Å²) in [5, 5.41) is 17.2. The first-order chi connectivity index (χ1) is 4.55. The minimum absolute atomic E-state index is 0.120. The molecule has 1 atom stereocenters. The van der Waals surface area contributed by atoms with Gasteiger partial charge in [-0.2, -0.15) is 0 Å². The Kier molecular flexibility index (Phi) is 1.34. The number of hydrogen-bond donors (Lipinski definition) is 2. The fourth-order valence-corrected chi connectivity index (χ4v) is 0.623. The number of hydrogen-bond acceptors (Lipinski definition) is 4. The van der Waals surface area contributed by atoms with Gasteiger partial charge in [-0.25, -0.2) is 4.79 Å². The molecule has 56 valence electrons. The summed E-state index contributed by atoms with van der Waals surface area (Å²) >= 11 is 0. The zero-order valence-corrected chi connectivity index (χ0v) is 5.18. The Labute approximate surface area is 56.2 Å². The van der Waals surface area contributed by atoms with Crippen LogP contribution in [0.4, 0.5) is 4.79 Å². The van der Waals surface area contributed by atoms with Crippen LogP contribution in [0.3, 0.4) is 0 Å². The van der Waals surface area contributed by atoms with Crippen LogP contribution < -0.4 is 0 Å². The second-order valence-corrected chi connectivity index (χ2v) is 1.92. The van der Waals surface area contributed by atoms with Crippen molar-refractivity contribution in [2.24, 2.45) is 0 Å². The lowest BCUT2D eigenvalue weighted by Crippen LogP contribution is -2.30. The Bertz CT molecular complexity index is 172. The van der Waals surface area contributed by atoms with Gasteiger partial charge in [0.2, 0.25) is 6.23 Å². The van der Waals surface area contributed by atoms with Gasteiger partial charge in [0.1, 0.15) is 0 Å². The van der Waals surface area contributed by atoms with Crippen molar-refractivity contribution in [1.29, 1.82) is 0 Å². The van der Waals surface area contributed by atoms with Crippen molar-refractivity contribution < 1.29 is 19.9 Å². The number of carbonyl (C=O) groups excluding carboxylic acids is 2. The van der Waals surface area contributed by atoms with Crippen LogP contribution in [0.1, 0.15) is 0 Å². The molecule has 1 heterocycles. The first-order valence-corrected chi connectivity index (χ1v) is 2.53. The summed E-state index contributed by atoms with van der Waals surface area (Å²) in [6, 6.07) is -0.919. The van der Waals surface area contributed by atoms with Crippen LogP contribution in [-0.4, -0.2) is 45.5 Å². The smallest absolute Gasteiger partial charge is 0.353 e. The summed E-state index contributed by atoms with van der Waals surface area (Å²) < 4.78 is 0. The summed E-state index contributed by atoms with van der Waals surface area (Å²) in [5.74, 6) is -1.02. The Balaban J connectivity index is 2.89. The minimum Gasteiger partial charge on any atom is -0.365 e.